The van der Waals surface area contributed by atoms with E-state index in [-0.39, 0.29) is 0 Å². The molecule has 0 unspecified atom stereocenters. The number of anilines is 1. The van der Waals surface area contributed by atoms with Crippen molar-refractivity contribution in [2.45, 2.75) is 25.8 Å². The van der Waals surface area contributed by atoms with Gasteiger partial charge in [-0.25, -0.2) is 9.13 Å². The van der Waals surface area contributed by atoms with E-state index < -0.39 is 0 Å². The summed E-state index contributed by atoms with van der Waals surface area (Å²) in [5.74, 6) is 0.856. The standard InChI is InChI=1S/C17H27N6/c1-21(2)16-9-7-15(8-10-16)19-20-17-22(3)13-14-23(17)12-6-4-5-11-18/h7-10,13-14H,4-6,11-12,18H2,1-3H3/q+1. The zero-order valence-corrected chi connectivity index (χ0v) is 14.3. The van der Waals surface area contributed by atoms with Crippen molar-refractivity contribution in [2.24, 2.45) is 23.0 Å². The minimum atomic E-state index is 0.759. The number of aryl methyl sites for hydroxylation is 2. The molecule has 0 bridgehead atoms. The quantitative estimate of drug-likeness (QED) is 0.462. The molecule has 1 aromatic heterocycles. The second kappa shape index (κ2) is 8.43. The minimum Gasteiger partial charge on any atom is -0.378 e. The summed E-state index contributed by atoms with van der Waals surface area (Å²) < 4.78 is 4.12. The number of hydrogen-bond acceptors (Lipinski definition) is 4. The molecule has 124 valence electrons. The van der Waals surface area contributed by atoms with Gasteiger partial charge in [0.2, 0.25) is 0 Å². The molecule has 6 nitrogen and oxygen atoms in total. The van der Waals surface area contributed by atoms with E-state index in [4.69, 9.17) is 5.73 Å². The van der Waals surface area contributed by atoms with Gasteiger partial charge in [0.15, 0.2) is 0 Å². The van der Waals surface area contributed by atoms with Gasteiger partial charge in [-0.1, -0.05) is 5.11 Å². The predicted molar refractivity (Wildman–Crippen MR) is 93.5 cm³/mol. The molecule has 0 fully saturated rings. The Bertz CT molecular complexity index is 627. The van der Waals surface area contributed by atoms with Crippen LogP contribution in [-0.2, 0) is 13.6 Å². The summed E-state index contributed by atoms with van der Waals surface area (Å²) >= 11 is 0. The highest BCUT2D eigenvalue weighted by Gasteiger charge is 2.13. The monoisotopic (exact) mass is 315 g/mol. The zero-order chi connectivity index (χ0) is 16.7. The van der Waals surface area contributed by atoms with E-state index in [2.05, 4.69) is 19.7 Å². The first-order valence-electron chi connectivity index (χ1n) is 8.06. The van der Waals surface area contributed by atoms with E-state index in [1.54, 1.807) is 0 Å². The van der Waals surface area contributed by atoms with Crippen LogP contribution < -0.4 is 15.2 Å². The summed E-state index contributed by atoms with van der Waals surface area (Å²) in [4.78, 5) is 2.06. The Kier molecular flexibility index (Phi) is 6.29. The van der Waals surface area contributed by atoms with E-state index >= 15 is 0 Å². The Morgan fingerprint density at radius 1 is 1.09 bits per heavy atom. The SMILES string of the molecule is CN(C)c1ccc(N=Nc2n(CCCCCN)cc[n+]2C)cc1. The van der Waals surface area contributed by atoms with E-state index in [0.29, 0.717) is 0 Å². The molecule has 0 aliphatic heterocycles. The Morgan fingerprint density at radius 2 is 1.83 bits per heavy atom. The van der Waals surface area contributed by atoms with Crippen molar-refractivity contribution in [3.05, 3.63) is 36.7 Å². The summed E-state index contributed by atoms with van der Waals surface area (Å²) in [7, 11) is 6.03. The molecule has 2 N–H and O–H groups in total. The van der Waals surface area contributed by atoms with Gasteiger partial charge in [-0.3, -0.25) is 0 Å². The maximum Gasteiger partial charge on any atom is 0.421 e. The molecule has 0 saturated carbocycles. The number of rotatable bonds is 8. The van der Waals surface area contributed by atoms with Crippen LogP contribution in [0.2, 0.25) is 0 Å². The fourth-order valence-electron chi connectivity index (χ4n) is 2.34. The van der Waals surface area contributed by atoms with Crippen molar-refractivity contribution in [1.82, 2.24) is 4.57 Å². The Morgan fingerprint density at radius 3 is 2.48 bits per heavy atom. The Labute approximate surface area is 138 Å². The van der Waals surface area contributed by atoms with Gasteiger partial charge in [-0.15, -0.1) is 0 Å². The number of imidazole rings is 1. The lowest BCUT2D eigenvalue weighted by molar-refractivity contribution is -0.657. The Hall–Kier alpha value is -2.21. The maximum atomic E-state index is 5.54. The van der Waals surface area contributed by atoms with Gasteiger partial charge in [-0.2, -0.15) is 0 Å². The molecule has 23 heavy (non-hydrogen) atoms. The van der Waals surface area contributed by atoms with Gasteiger partial charge in [0.25, 0.3) is 0 Å². The smallest absolute Gasteiger partial charge is 0.378 e. The first kappa shape index (κ1) is 17.1. The van der Waals surface area contributed by atoms with E-state index in [0.717, 1.165) is 49.7 Å². The normalized spacial score (nSPS) is 11.3. The number of nitrogens with two attached hydrogens (primary N) is 1. The molecule has 2 aromatic rings. The maximum absolute atomic E-state index is 5.54. The van der Waals surface area contributed by atoms with E-state index in [9.17, 15) is 0 Å². The van der Waals surface area contributed by atoms with Crippen LogP contribution in [0.25, 0.3) is 0 Å². The van der Waals surface area contributed by atoms with Crippen molar-refractivity contribution >= 4 is 17.3 Å². The highest BCUT2D eigenvalue weighted by Crippen LogP contribution is 2.20. The van der Waals surface area contributed by atoms with Crippen LogP contribution in [0.3, 0.4) is 0 Å². The van der Waals surface area contributed by atoms with Gasteiger partial charge in [0.1, 0.15) is 5.69 Å². The highest BCUT2D eigenvalue weighted by atomic mass is 15.3. The first-order chi connectivity index (χ1) is 11.1. The summed E-state index contributed by atoms with van der Waals surface area (Å²) in [5, 5.41) is 8.78. The fraction of sp³-hybridized carbons (Fsp3) is 0.471. The van der Waals surface area contributed by atoms with Gasteiger partial charge >= 0.3 is 5.95 Å². The molecule has 0 aliphatic rings. The van der Waals surface area contributed by atoms with E-state index in [1.165, 1.54) is 0 Å². The number of nitrogens with zero attached hydrogens (tertiary/aromatic N) is 5. The van der Waals surface area contributed by atoms with Crippen molar-refractivity contribution < 1.29 is 4.57 Å². The summed E-state index contributed by atoms with van der Waals surface area (Å²) in [5.41, 5.74) is 7.54. The largest absolute Gasteiger partial charge is 0.421 e. The molecule has 0 amide bonds. The number of aromatic nitrogens is 2. The first-order valence-corrected chi connectivity index (χ1v) is 8.06. The lowest BCUT2D eigenvalue weighted by Gasteiger charge is -2.11. The third kappa shape index (κ3) is 4.89. The number of unbranched alkanes of at least 4 members (excludes halogenated alkanes) is 2. The van der Waals surface area contributed by atoms with Crippen LogP contribution in [0, 0.1) is 0 Å². The van der Waals surface area contributed by atoms with Crippen molar-refractivity contribution in [1.29, 1.82) is 0 Å². The van der Waals surface area contributed by atoms with Crippen LogP contribution in [0.5, 0.6) is 0 Å². The van der Waals surface area contributed by atoms with Crippen LogP contribution in [0.15, 0.2) is 46.9 Å². The van der Waals surface area contributed by atoms with Crippen molar-refractivity contribution in [3.8, 4) is 0 Å². The van der Waals surface area contributed by atoms with Gasteiger partial charge < -0.3 is 10.6 Å². The highest BCUT2D eigenvalue weighted by molar-refractivity contribution is 5.51. The van der Waals surface area contributed by atoms with Gasteiger partial charge in [0.05, 0.1) is 26.0 Å². The molecule has 1 heterocycles. The summed E-state index contributed by atoms with van der Waals surface area (Å²) in [6.07, 6.45) is 7.37. The molecule has 0 atom stereocenters. The third-order valence-electron chi connectivity index (χ3n) is 3.77. The molecule has 2 rings (SSSR count). The molecular formula is C17H27N6+. The fourth-order valence-corrected chi connectivity index (χ4v) is 2.34. The molecular weight excluding hydrogens is 288 g/mol. The molecule has 1 aromatic carbocycles. The molecule has 0 aliphatic carbocycles. The van der Waals surface area contributed by atoms with Gasteiger partial charge in [-0.05, 0) is 50.1 Å². The minimum absolute atomic E-state index is 0.759. The average molecular weight is 315 g/mol. The number of benzene rings is 1. The summed E-state index contributed by atoms with van der Waals surface area (Å²) in [6, 6.07) is 8.04. The van der Waals surface area contributed by atoms with Crippen molar-refractivity contribution in [3.63, 3.8) is 0 Å². The zero-order valence-electron chi connectivity index (χ0n) is 14.3. The van der Waals surface area contributed by atoms with Crippen LogP contribution in [0.1, 0.15) is 19.3 Å². The predicted octanol–water partition coefficient (Wildman–Crippen LogP) is 2.92. The molecule has 6 heteroatoms. The third-order valence-corrected chi connectivity index (χ3v) is 3.77. The molecule has 0 saturated heterocycles. The molecule has 0 spiro atoms. The second-order valence-corrected chi connectivity index (χ2v) is 5.86. The van der Waals surface area contributed by atoms with Crippen LogP contribution in [0.4, 0.5) is 17.3 Å². The van der Waals surface area contributed by atoms with Crippen LogP contribution in [-0.4, -0.2) is 25.2 Å². The topological polar surface area (TPSA) is 62.8 Å². The number of azo groups is 1. The number of hydrogen-bond donors (Lipinski definition) is 1. The Balaban J connectivity index is 2.05. The molecule has 0 radical (unpaired) electrons. The van der Waals surface area contributed by atoms with E-state index in [1.807, 2.05) is 62.4 Å². The summed E-state index contributed by atoms with van der Waals surface area (Å²) in [6.45, 7) is 1.70. The lowest BCUT2D eigenvalue weighted by Crippen LogP contribution is -2.25. The lowest BCUT2D eigenvalue weighted by atomic mass is 10.2. The average Bonchev–Trinajstić information content (AvgIpc) is 2.90. The van der Waals surface area contributed by atoms with Crippen molar-refractivity contribution in [2.75, 3.05) is 25.5 Å². The van der Waals surface area contributed by atoms with Gasteiger partial charge in [0, 0.05) is 24.9 Å². The second-order valence-electron chi connectivity index (χ2n) is 5.86. The van der Waals surface area contributed by atoms with Crippen LogP contribution >= 0.6 is 0 Å².